The SMILES string of the molecule is O=C(Cc1ccc(S(=O)(=O)N2CCCCC2)s1)Nc1cccc(C(F)(F)F)c1. The minimum absolute atomic E-state index is 0.0394. The van der Waals surface area contributed by atoms with E-state index in [2.05, 4.69) is 5.32 Å². The van der Waals surface area contributed by atoms with Gasteiger partial charge in [-0.3, -0.25) is 4.79 Å². The predicted octanol–water partition coefficient (Wildman–Crippen LogP) is 4.12. The third kappa shape index (κ3) is 4.92. The molecule has 5 nitrogen and oxygen atoms in total. The fraction of sp³-hybridized carbons (Fsp3) is 0.389. The minimum atomic E-state index is -4.49. The zero-order valence-electron chi connectivity index (χ0n) is 14.8. The summed E-state index contributed by atoms with van der Waals surface area (Å²) in [4.78, 5) is 12.7. The second-order valence-electron chi connectivity index (χ2n) is 6.49. The first-order chi connectivity index (χ1) is 13.2. The van der Waals surface area contributed by atoms with E-state index in [4.69, 9.17) is 0 Å². The fourth-order valence-electron chi connectivity index (χ4n) is 2.96. The molecule has 2 heterocycles. The highest BCUT2D eigenvalue weighted by Gasteiger charge is 2.30. The number of hydrogen-bond donors (Lipinski definition) is 1. The van der Waals surface area contributed by atoms with Crippen molar-refractivity contribution in [2.24, 2.45) is 0 Å². The average molecular weight is 432 g/mol. The van der Waals surface area contributed by atoms with Crippen LogP contribution >= 0.6 is 11.3 Å². The van der Waals surface area contributed by atoms with E-state index in [1.807, 2.05) is 0 Å². The van der Waals surface area contributed by atoms with E-state index in [0.717, 1.165) is 42.7 Å². The van der Waals surface area contributed by atoms with Gasteiger partial charge in [0.05, 0.1) is 12.0 Å². The van der Waals surface area contributed by atoms with Crippen molar-refractivity contribution < 1.29 is 26.4 Å². The van der Waals surface area contributed by atoms with Crippen molar-refractivity contribution in [2.75, 3.05) is 18.4 Å². The molecule has 152 valence electrons. The molecular weight excluding hydrogens is 413 g/mol. The number of rotatable bonds is 5. The number of nitrogens with zero attached hydrogens (tertiary/aromatic N) is 1. The van der Waals surface area contributed by atoms with Gasteiger partial charge in [0.15, 0.2) is 0 Å². The molecule has 0 saturated carbocycles. The summed E-state index contributed by atoms with van der Waals surface area (Å²) in [6.07, 6.45) is -1.94. The number of nitrogens with one attached hydrogen (secondary N) is 1. The lowest BCUT2D eigenvalue weighted by Gasteiger charge is -2.25. The maximum absolute atomic E-state index is 12.7. The molecule has 0 unspecified atom stereocenters. The molecule has 0 aliphatic carbocycles. The number of halogens is 3. The molecule has 1 saturated heterocycles. The van der Waals surface area contributed by atoms with Crippen molar-refractivity contribution >= 4 is 33.0 Å². The van der Waals surface area contributed by atoms with E-state index in [9.17, 15) is 26.4 Å². The lowest BCUT2D eigenvalue weighted by Crippen LogP contribution is -2.35. The number of carbonyl (C=O) groups excluding carboxylic acids is 1. The number of amides is 1. The molecule has 0 spiro atoms. The van der Waals surface area contributed by atoms with Crippen LogP contribution < -0.4 is 5.32 Å². The number of sulfonamides is 1. The zero-order chi connectivity index (χ0) is 20.4. The van der Waals surface area contributed by atoms with Gasteiger partial charge in [0.25, 0.3) is 10.0 Å². The standard InChI is InChI=1S/C18H19F3N2O3S2/c19-18(20,21)13-5-4-6-14(11-13)22-16(24)12-15-7-8-17(27-15)28(25,26)23-9-2-1-3-10-23/h4-8,11H,1-3,9-10,12H2,(H,22,24). The molecule has 0 radical (unpaired) electrons. The lowest BCUT2D eigenvalue weighted by atomic mass is 10.2. The number of benzene rings is 1. The van der Waals surface area contributed by atoms with Gasteiger partial charge in [-0.05, 0) is 43.2 Å². The summed E-state index contributed by atoms with van der Waals surface area (Å²) >= 11 is 1.01. The molecule has 28 heavy (non-hydrogen) atoms. The lowest BCUT2D eigenvalue weighted by molar-refractivity contribution is -0.137. The molecule has 1 fully saturated rings. The quantitative estimate of drug-likeness (QED) is 0.773. The van der Waals surface area contributed by atoms with Gasteiger partial charge in [-0.25, -0.2) is 8.42 Å². The van der Waals surface area contributed by atoms with Crippen LogP contribution in [0.25, 0.3) is 0 Å². The Morgan fingerprint density at radius 1 is 1.11 bits per heavy atom. The maximum atomic E-state index is 12.7. The van der Waals surface area contributed by atoms with Gasteiger partial charge in [0.1, 0.15) is 4.21 Å². The molecular formula is C18H19F3N2O3S2. The van der Waals surface area contributed by atoms with Crippen LogP contribution in [-0.2, 0) is 27.4 Å². The molecule has 2 aromatic rings. The van der Waals surface area contributed by atoms with Gasteiger partial charge in [0, 0.05) is 23.7 Å². The Balaban J connectivity index is 1.66. The molecule has 3 rings (SSSR count). The number of anilines is 1. The van der Waals surface area contributed by atoms with Gasteiger partial charge in [-0.1, -0.05) is 12.5 Å². The van der Waals surface area contributed by atoms with Crippen molar-refractivity contribution in [1.82, 2.24) is 4.31 Å². The highest BCUT2D eigenvalue weighted by Crippen LogP contribution is 2.31. The van der Waals surface area contributed by atoms with Crippen molar-refractivity contribution in [3.05, 3.63) is 46.8 Å². The number of piperidine rings is 1. The van der Waals surface area contributed by atoms with E-state index < -0.39 is 27.7 Å². The largest absolute Gasteiger partial charge is 0.416 e. The Labute approximate surface area is 165 Å². The second-order valence-corrected chi connectivity index (χ2v) is 9.82. The third-order valence-electron chi connectivity index (χ3n) is 4.35. The smallest absolute Gasteiger partial charge is 0.326 e. The van der Waals surface area contributed by atoms with E-state index in [1.165, 1.54) is 22.5 Å². The summed E-state index contributed by atoms with van der Waals surface area (Å²) < 4.78 is 65.2. The number of alkyl halides is 3. The van der Waals surface area contributed by atoms with Crippen molar-refractivity contribution in [1.29, 1.82) is 0 Å². The molecule has 0 bridgehead atoms. The van der Waals surface area contributed by atoms with Gasteiger partial charge in [-0.15, -0.1) is 11.3 Å². The third-order valence-corrected chi connectivity index (χ3v) is 7.81. The van der Waals surface area contributed by atoms with Crippen LogP contribution in [0.1, 0.15) is 29.7 Å². The second kappa shape index (κ2) is 8.22. The Kier molecular flexibility index (Phi) is 6.11. The van der Waals surface area contributed by atoms with Crippen LogP contribution in [0.2, 0.25) is 0 Å². The summed E-state index contributed by atoms with van der Waals surface area (Å²) in [5.74, 6) is -0.511. The molecule has 1 aromatic carbocycles. The van der Waals surface area contributed by atoms with Crippen LogP contribution in [0.15, 0.2) is 40.6 Å². The fourth-order valence-corrected chi connectivity index (χ4v) is 5.99. The normalized spacial score (nSPS) is 16.1. The molecule has 1 N–H and O–H groups in total. The van der Waals surface area contributed by atoms with Gasteiger partial charge in [-0.2, -0.15) is 17.5 Å². The predicted molar refractivity (Wildman–Crippen MR) is 101 cm³/mol. The zero-order valence-corrected chi connectivity index (χ0v) is 16.5. The molecule has 1 amide bonds. The van der Waals surface area contributed by atoms with Gasteiger partial charge in [0.2, 0.25) is 5.91 Å². The molecule has 0 atom stereocenters. The number of thiophene rings is 1. The van der Waals surface area contributed by atoms with E-state index in [-0.39, 0.29) is 16.3 Å². The van der Waals surface area contributed by atoms with Crippen molar-refractivity contribution in [3.8, 4) is 0 Å². The first kappa shape index (κ1) is 20.8. The average Bonchev–Trinajstić information content (AvgIpc) is 3.11. The Bertz CT molecular complexity index is 949. The summed E-state index contributed by atoms with van der Waals surface area (Å²) in [6, 6.07) is 7.40. The summed E-state index contributed by atoms with van der Waals surface area (Å²) in [5, 5.41) is 2.42. The monoisotopic (exact) mass is 432 g/mol. The van der Waals surface area contributed by atoms with Crippen molar-refractivity contribution in [3.63, 3.8) is 0 Å². The highest BCUT2D eigenvalue weighted by molar-refractivity contribution is 7.91. The molecule has 10 heteroatoms. The molecule has 1 aliphatic rings. The molecule has 1 aromatic heterocycles. The maximum Gasteiger partial charge on any atom is 0.416 e. The van der Waals surface area contributed by atoms with Crippen molar-refractivity contribution in [2.45, 2.75) is 36.1 Å². The van der Waals surface area contributed by atoms with Gasteiger partial charge < -0.3 is 5.32 Å². The van der Waals surface area contributed by atoms with Crippen LogP contribution in [0, 0.1) is 0 Å². The van der Waals surface area contributed by atoms with Gasteiger partial charge >= 0.3 is 6.18 Å². The Morgan fingerprint density at radius 3 is 2.50 bits per heavy atom. The number of hydrogen-bond acceptors (Lipinski definition) is 4. The van der Waals surface area contributed by atoms with E-state index >= 15 is 0 Å². The van der Waals surface area contributed by atoms with E-state index in [1.54, 1.807) is 6.07 Å². The summed E-state index contributed by atoms with van der Waals surface area (Å²) in [6.45, 7) is 0.983. The van der Waals surface area contributed by atoms with Crippen LogP contribution in [0.5, 0.6) is 0 Å². The summed E-state index contributed by atoms with van der Waals surface area (Å²) in [5.41, 5.74) is -0.811. The molecule has 1 aliphatic heterocycles. The van der Waals surface area contributed by atoms with Crippen LogP contribution in [0.4, 0.5) is 18.9 Å². The topological polar surface area (TPSA) is 66.5 Å². The Hall–Kier alpha value is -1.91. The van der Waals surface area contributed by atoms with Crippen LogP contribution in [-0.4, -0.2) is 31.7 Å². The highest BCUT2D eigenvalue weighted by atomic mass is 32.2. The number of carbonyl (C=O) groups is 1. The first-order valence-corrected chi connectivity index (χ1v) is 11.0. The first-order valence-electron chi connectivity index (χ1n) is 8.72. The summed E-state index contributed by atoms with van der Waals surface area (Å²) in [7, 11) is -3.56. The minimum Gasteiger partial charge on any atom is -0.326 e. The Morgan fingerprint density at radius 2 is 1.82 bits per heavy atom. The van der Waals surface area contributed by atoms with E-state index in [0.29, 0.717) is 18.0 Å². The van der Waals surface area contributed by atoms with Crippen LogP contribution in [0.3, 0.4) is 0 Å².